The van der Waals surface area contributed by atoms with E-state index < -0.39 is 17.4 Å². The van der Waals surface area contributed by atoms with Crippen molar-refractivity contribution in [2.24, 2.45) is 10.7 Å². The highest BCUT2D eigenvalue weighted by Gasteiger charge is 2.52. The fourth-order valence-electron chi connectivity index (χ4n) is 5.21. The maximum atomic E-state index is 13.5. The van der Waals surface area contributed by atoms with E-state index in [-0.39, 0.29) is 18.2 Å². The van der Waals surface area contributed by atoms with Crippen LogP contribution in [-0.4, -0.2) is 52.2 Å². The van der Waals surface area contributed by atoms with E-state index in [1.165, 1.54) is 32.1 Å². The highest BCUT2D eigenvalue weighted by Crippen LogP contribution is 2.29. The number of hydrogen-bond acceptors (Lipinski definition) is 6. The summed E-state index contributed by atoms with van der Waals surface area (Å²) < 4.78 is 0. The molecule has 1 saturated carbocycles. The average molecular weight is 474 g/mol. The van der Waals surface area contributed by atoms with E-state index in [0.717, 1.165) is 17.6 Å². The number of nitrogens with two attached hydrogens (primary N) is 1. The van der Waals surface area contributed by atoms with Crippen LogP contribution in [0.1, 0.15) is 43.5 Å². The SMILES string of the molecule is CN(Cc1ccccc1NC(=O)C1=NCNC1(C(N)=O)c1nc2ccccc2[nH]1)C1CCCCC1. The molecule has 2 heterocycles. The van der Waals surface area contributed by atoms with Crippen molar-refractivity contribution in [1.29, 1.82) is 0 Å². The van der Waals surface area contributed by atoms with E-state index in [9.17, 15) is 9.59 Å². The molecule has 0 spiro atoms. The first-order valence-corrected chi connectivity index (χ1v) is 12.1. The number of para-hydroxylation sites is 3. The Labute approximate surface area is 204 Å². The molecule has 1 aromatic heterocycles. The van der Waals surface area contributed by atoms with Crippen molar-refractivity contribution in [3.63, 3.8) is 0 Å². The molecule has 1 atom stereocenters. The fourth-order valence-corrected chi connectivity index (χ4v) is 5.21. The van der Waals surface area contributed by atoms with Crippen LogP contribution in [0.2, 0.25) is 0 Å². The lowest BCUT2D eigenvalue weighted by Gasteiger charge is -2.31. The second kappa shape index (κ2) is 9.59. The number of aromatic amines is 1. The second-order valence-corrected chi connectivity index (χ2v) is 9.38. The van der Waals surface area contributed by atoms with E-state index in [1.807, 2.05) is 48.5 Å². The third-order valence-electron chi connectivity index (χ3n) is 7.15. The lowest BCUT2D eigenvalue weighted by Crippen LogP contribution is -2.58. The number of carbonyl (C=O) groups excluding carboxylic acids is 2. The second-order valence-electron chi connectivity index (χ2n) is 9.38. The zero-order valence-electron chi connectivity index (χ0n) is 19.9. The molecule has 0 bridgehead atoms. The molecule has 5 N–H and O–H groups in total. The summed E-state index contributed by atoms with van der Waals surface area (Å²) >= 11 is 0. The number of nitrogens with one attached hydrogen (secondary N) is 3. The molecule has 1 aliphatic carbocycles. The molecule has 2 amide bonds. The lowest BCUT2D eigenvalue weighted by atomic mass is 9.91. The van der Waals surface area contributed by atoms with Gasteiger partial charge in [0.1, 0.15) is 11.5 Å². The summed E-state index contributed by atoms with van der Waals surface area (Å²) in [6.07, 6.45) is 6.23. The molecular formula is C26H31N7O2. The highest BCUT2D eigenvalue weighted by molar-refractivity contribution is 6.50. The monoisotopic (exact) mass is 473 g/mol. The molecule has 0 saturated heterocycles. The summed E-state index contributed by atoms with van der Waals surface area (Å²) in [6, 6.07) is 15.7. The average Bonchev–Trinajstić information content (AvgIpc) is 3.51. The van der Waals surface area contributed by atoms with E-state index in [1.54, 1.807) is 0 Å². The van der Waals surface area contributed by atoms with Gasteiger partial charge in [0, 0.05) is 18.3 Å². The Balaban J connectivity index is 1.41. The van der Waals surface area contributed by atoms with Crippen molar-refractivity contribution in [3.05, 3.63) is 59.9 Å². The number of rotatable bonds is 7. The Hall–Kier alpha value is -3.56. The molecule has 5 rings (SSSR count). The number of H-pyrrole nitrogens is 1. The molecule has 1 unspecified atom stereocenters. The van der Waals surface area contributed by atoms with Crippen molar-refractivity contribution < 1.29 is 9.59 Å². The van der Waals surface area contributed by atoms with Crippen LogP contribution in [0.25, 0.3) is 11.0 Å². The number of aromatic nitrogens is 2. The topological polar surface area (TPSA) is 128 Å². The van der Waals surface area contributed by atoms with Gasteiger partial charge in [0.2, 0.25) is 5.54 Å². The van der Waals surface area contributed by atoms with Crippen molar-refractivity contribution in [2.45, 2.75) is 50.2 Å². The predicted octanol–water partition coefficient (Wildman–Crippen LogP) is 2.65. The van der Waals surface area contributed by atoms with Crippen LogP contribution < -0.4 is 16.4 Å². The van der Waals surface area contributed by atoms with Gasteiger partial charge in [-0.1, -0.05) is 49.6 Å². The van der Waals surface area contributed by atoms with Crippen molar-refractivity contribution in [3.8, 4) is 0 Å². The third kappa shape index (κ3) is 4.33. The van der Waals surface area contributed by atoms with Gasteiger partial charge in [-0.25, -0.2) is 4.98 Å². The summed E-state index contributed by atoms with van der Waals surface area (Å²) in [7, 11) is 2.14. The number of aliphatic imine (C=N–C) groups is 1. The minimum absolute atomic E-state index is 0.000468. The Morgan fingerprint density at radius 1 is 1.11 bits per heavy atom. The minimum Gasteiger partial charge on any atom is -0.367 e. The number of benzene rings is 2. The van der Waals surface area contributed by atoms with Crippen molar-refractivity contribution in [1.82, 2.24) is 20.2 Å². The molecule has 35 heavy (non-hydrogen) atoms. The van der Waals surface area contributed by atoms with Gasteiger partial charge in [0.15, 0.2) is 0 Å². The number of primary amides is 1. The summed E-state index contributed by atoms with van der Waals surface area (Å²) in [6.45, 7) is 0.797. The Bertz CT molecular complexity index is 1240. The molecule has 9 heteroatoms. The van der Waals surface area contributed by atoms with Crippen LogP contribution in [0.5, 0.6) is 0 Å². The first kappa shape index (κ1) is 23.2. The van der Waals surface area contributed by atoms with E-state index >= 15 is 0 Å². The zero-order valence-corrected chi connectivity index (χ0v) is 19.9. The number of imidazole rings is 1. The van der Waals surface area contributed by atoms with E-state index in [0.29, 0.717) is 17.2 Å². The maximum absolute atomic E-state index is 13.5. The minimum atomic E-state index is -1.64. The number of anilines is 1. The Morgan fingerprint density at radius 2 is 1.86 bits per heavy atom. The smallest absolute Gasteiger partial charge is 0.272 e. The molecule has 2 aromatic carbocycles. The van der Waals surface area contributed by atoms with Gasteiger partial charge >= 0.3 is 0 Å². The number of fused-ring (bicyclic) bond motifs is 1. The van der Waals surface area contributed by atoms with Gasteiger partial charge in [-0.3, -0.25) is 24.8 Å². The standard InChI is InChI=1S/C26H31N7O2/c1-33(18-10-3-2-4-11-18)15-17-9-5-6-12-19(17)30-23(34)22-26(24(27)35,29-16-28-22)25-31-20-13-7-8-14-21(20)32-25/h5-9,12-14,18,29H,2-4,10-11,15-16H2,1H3,(H2,27,35)(H,30,34)(H,31,32). The third-order valence-corrected chi connectivity index (χ3v) is 7.15. The summed E-state index contributed by atoms with van der Waals surface area (Å²) in [4.78, 5) is 40.7. The van der Waals surface area contributed by atoms with Gasteiger partial charge in [0.05, 0.1) is 17.7 Å². The summed E-state index contributed by atoms with van der Waals surface area (Å²) in [5.41, 5.74) is 7.33. The van der Waals surface area contributed by atoms with Gasteiger partial charge in [0.25, 0.3) is 11.8 Å². The van der Waals surface area contributed by atoms with Crippen LogP contribution in [0.3, 0.4) is 0 Å². The highest BCUT2D eigenvalue weighted by atomic mass is 16.2. The predicted molar refractivity (Wildman–Crippen MR) is 136 cm³/mol. The van der Waals surface area contributed by atoms with Crippen molar-refractivity contribution in [2.75, 3.05) is 19.0 Å². The molecule has 182 valence electrons. The number of hydrogen-bond donors (Lipinski definition) is 4. The van der Waals surface area contributed by atoms with Gasteiger partial charge in [-0.05, 0) is 43.7 Å². The zero-order chi connectivity index (χ0) is 24.4. The van der Waals surface area contributed by atoms with E-state index in [4.69, 9.17) is 5.73 Å². The largest absolute Gasteiger partial charge is 0.367 e. The van der Waals surface area contributed by atoms with Gasteiger partial charge in [-0.2, -0.15) is 0 Å². The molecule has 1 fully saturated rings. The van der Waals surface area contributed by atoms with Crippen LogP contribution in [0, 0.1) is 0 Å². The van der Waals surface area contributed by atoms with E-state index in [2.05, 4.69) is 37.5 Å². The number of carbonyl (C=O) groups is 2. The molecule has 9 nitrogen and oxygen atoms in total. The fraction of sp³-hybridized carbons (Fsp3) is 0.385. The number of amides is 2. The normalized spacial score (nSPS) is 20.8. The Kier molecular flexibility index (Phi) is 6.36. The number of nitrogens with zero attached hydrogens (tertiary/aromatic N) is 3. The Morgan fingerprint density at radius 3 is 2.63 bits per heavy atom. The summed E-state index contributed by atoms with van der Waals surface area (Å²) in [5.74, 6) is -0.974. The van der Waals surface area contributed by atoms with Crippen LogP contribution in [0.4, 0.5) is 5.69 Å². The summed E-state index contributed by atoms with van der Waals surface area (Å²) in [5, 5.41) is 6.00. The quantitative estimate of drug-likeness (QED) is 0.419. The van der Waals surface area contributed by atoms with Crippen LogP contribution in [-0.2, 0) is 21.7 Å². The molecular weight excluding hydrogens is 442 g/mol. The first-order chi connectivity index (χ1) is 17.0. The molecule has 1 aliphatic heterocycles. The molecule has 3 aromatic rings. The van der Waals surface area contributed by atoms with Crippen molar-refractivity contribution >= 4 is 34.2 Å². The van der Waals surface area contributed by atoms with Gasteiger partial charge in [-0.15, -0.1) is 0 Å². The maximum Gasteiger partial charge on any atom is 0.272 e. The molecule has 0 radical (unpaired) electrons. The van der Waals surface area contributed by atoms with Gasteiger partial charge < -0.3 is 16.0 Å². The van der Waals surface area contributed by atoms with Crippen LogP contribution >= 0.6 is 0 Å². The van der Waals surface area contributed by atoms with Crippen LogP contribution in [0.15, 0.2) is 53.5 Å². The first-order valence-electron chi connectivity index (χ1n) is 12.1. The lowest BCUT2D eigenvalue weighted by molar-refractivity contribution is -0.123. The molecule has 2 aliphatic rings.